The highest BCUT2D eigenvalue weighted by Gasteiger charge is 2.21. The highest BCUT2D eigenvalue weighted by molar-refractivity contribution is 6.55. The van der Waals surface area contributed by atoms with Crippen LogP contribution in [0, 0.1) is 0 Å². The molecule has 0 fully saturated rings. The maximum Gasteiger partial charge on any atom is 0.146 e. The zero-order valence-electron chi connectivity index (χ0n) is 10.2. The van der Waals surface area contributed by atoms with E-state index in [1.165, 1.54) is 0 Å². The molecule has 1 N–H and O–H groups in total. The van der Waals surface area contributed by atoms with E-state index in [1.807, 2.05) is 42.5 Å². The van der Waals surface area contributed by atoms with Crippen molar-refractivity contribution in [3.8, 4) is 5.75 Å². The van der Waals surface area contributed by atoms with Gasteiger partial charge < -0.3 is 5.11 Å². The largest absolute Gasteiger partial charge is 0.507 e. The van der Waals surface area contributed by atoms with E-state index < -0.39 is 0 Å². The molecule has 0 aromatic heterocycles. The van der Waals surface area contributed by atoms with Gasteiger partial charge >= 0.3 is 0 Å². The van der Waals surface area contributed by atoms with E-state index in [9.17, 15) is 5.11 Å². The average Bonchev–Trinajstić information content (AvgIpc) is 2.82. The Bertz CT molecular complexity index is 700. The van der Waals surface area contributed by atoms with Crippen molar-refractivity contribution in [1.29, 1.82) is 0 Å². The third kappa shape index (κ3) is 2.06. The van der Waals surface area contributed by atoms with Crippen molar-refractivity contribution in [3.05, 3.63) is 78.1 Å². The van der Waals surface area contributed by atoms with Crippen LogP contribution in [-0.2, 0) is 0 Å². The fourth-order valence-corrected chi connectivity index (χ4v) is 2.05. The summed E-state index contributed by atoms with van der Waals surface area (Å²) in [6.07, 6.45) is 0. The van der Waals surface area contributed by atoms with Crippen molar-refractivity contribution in [1.82, 2.24) is 0 Å². The minimum Gasteiger partial charge on any atom is -0.507 e. The lowest BCUT2D eigenvalue weighted by Crippen LogP contribution is -2.13. The van der Waals surface area contributed by atoms with Gasteiger partial charge in [-0.2, -0.15) is 0 Å². The average molecular weight is 248 g/mol. The number of phenolic OH excluding ortho intramolecular Hbond substituents is 1. The Balaban J connectivity index is 2.12. The van der Waals surface area contributed by atoms with E-state index in [2.05, 4.69) is 16.6 Å². The van der Waals surface area contributed by atoms with E-state index in [0.29, 0.717) is 17.1 Å². The molecule has 19 heavy (non-hydrogen) atoms. The molecule has 0 unspecified atom stereocenters. The summed E-state index contributed by atoms with van der Waals surface area (Å²) in [4.78, 5) is 8.70. The number of hydrogen-bond acceptors (Lipinski definition) is 3. The third-order valence-corrected chi connectivity index (χ3v) is 2.91. The number of aliphatic imine (C=N–C) groups is 2. The van der Waals surface area contributed by atoms with Gasteiger partial charge in [0, 0.05) is 11.1 Å². The maximum absolute atomic E-state index is 9.96. The molecular formula is C16H12N2O. The van der Waals surface area contributed by atoms with Crippen molar-refractivity contribution in [3.63, 3.8) is 0 Å². The second-order valence-electron chi connectivity index (χ2n) is 4.22. The summed E-state index contributed by atoms with van der Waals surface area (Å²) in [6, 6.07) is 16.9. The van der Waals surface area contributed by atoms with Gasteiger partial charge in [-0.25, -0.2) is 9.98 Å². The summed E-state index contributed by atoms with van der Waals surface area (Å²) >= 11 is 0. The minimum atomic E-state index is 0.194. The molecule has 0 amide bonds. The smallest absolute Gasteiger partial charge is 0.146 e. The Morgan fingerprint density at radius 3 is 2.16 bits per heavy atom. The number of rotatable bonds is 2. The normalized spacial score (nSPS) is 14.2. The molecule has 0 saturated carbocycles. The molecule has 92 valence electrons. The SMILES string of the molecule is C=C1N=C(c2ccccc2)C(c2ccccc2O)=N1. The fraction of sp³-hybridized carbons (Fsp3) is 0. The van der Waals surface area contributed by atoms with E-state index >= 15 is 0 Å². The molecule has 1 heterocycles. The zero-order chi connectivity index (χ0) is 13.2. The van der Waals surface area contributed by atoms with Crippen molar-refractivity contribution in [2.45, 2.75) is 0 Å². The molecule has 0 spiro atoms. The summed E-state index contributed by atoms with van der Waals surface area (Å²) in [6.45, 7) is 3.78. The van der Waals surface area contributed by atoms with Gasteiger partial charge in [0.25, 0.3) is 0 Å². The molecule has 0 radical (unpaired) electrons. The minimum absolute atomic E-state index is 0.194. The molecule has 0 saturated heterocycles. The predicted octanol–water partition coefficient (Wildman–Crippen LogP) is 3.16. The van der Waals surface area contributed by atoms with Gasteiger partial charge in [-0.15, -0.1) is 0 Å². The molecule has 3 rings (SSSR count). The van der Waals surface area contributed by atoms with Crippen LogP contribution >= 0.6 is 0 Å². The first-order chi connectivity index (χ1) is 9.25. The lowest BCUT2D eigenvalue weighted by molar-refractivity contribution is 0.474. The summed E-state index contributed by atoms with van der Waals surface area (Å²) in [5.41, 5.74) is 3.04. The first-order valence-corrected chi connectivity index (χ1v) is 5.96. The van der Waals surface area contributed by atoms with Gasteiger partial charge in [-0.3, -0.25) is 0 Å². The third-order valence-electron chi connectivity index (χ3n) is 2.91. The number of benzene rings is 2. The van der Waals surface area contributed by atoms with Gasteiger partial charge in [-0.05, 0) is 12.1 Å². The van der Waals surface area contributed by atoms with Gasteiger partial charge in [0.05, 0.1) is 5.71 Å². The molecular weight excluding hydrogens is 236 g/mol. The van der Waals surface area contributed by atoms with Crippen molar-refractivity contribution in [2.75, 3.05) is 0 Å². The summed E-state index contributed by atoms with van der Waals surface area (Å²) < 4.78 is 0. The highest BCUT2D eigenvalue weighted by atomic mass is 16.3. The van der Waals surface area contributed by atoms with Gasteiger partial charge in [0.1, 0.15) is 17.3 Å². The molecule has 2 aromatic carbocycles. The van der Waals surface area contributed by atoms with Crippen LogP contribution in [0.25, 0.3) is 0 Å². The number of nitrogens with zero attached hydrogens (tertiary/aromatic N) is 2. The number of para-hydroxylation sites is 1. The van der Waals surface area contributed by atoms with Crippen molar-refractivity contribution >= 4 is 11.4 Å². The zero-order valence-corrected chi connectivity index (χ0v) is 10.2. The van der Waals surface area contributed by atoms with Crippen LogP contribution in [0.15, 0.2) is 77.0 Å². The van der Waals surface area contributed by atoms with Crippen LogP contribution in [0.4, 0.5) is 0 Å². The Hall–Kier alpha value is -2.68. The van der Waals surface area contributed by atoms with Crippen LogP contribution < -0.4 is 0 Å². The van der Waals surface area contributed by atoms with E-state index in [0.717, 1.165) is 11.3 Å². The van der Waals surface area contributed by atoms with Gasteiger partial charge in [-0.1, -0.05) is 49.0 Å². The van der Waals surface area contributed by atoms with E-state index in [4.69, 9.17) is 0 Å². The Morgan fingerprint density at radius 2 is 1.42 bits per heavy atom. The Morgan fingerprint density at radius 1 is 0.789 bits per heavy atom. The quantitative estimate of drug-likeness (QED) is 0.871. The van der Waals surface area contributed by atoms with Crippen molar-refractivity contribution < 1.29 is 5.11 Å². The molecule has 1 aliphatic heterocycles. The lowest BCUT2D eigenvalue weighted by atomic mass is 9.99. The molecule has 2 aromatic rings. The van der Waals surface area contributed by atoms with Gasteiger partial charge in [0.15, 0.2) is 0 Å². The summed E-state index contributed by atoms with van der Waals surface area (Å²) in [5, 5.41) is 9.96. The topological polar surface area (TPSA) is 45.0 Å². The van der Waals surface area contributed by atoms with Crippen LogP contribution in [0.5, 0.6) is 5.75 Å². The molecule has 0 atom stereocenters. The highest BCUT2D eigenvalue weighted by Crippen LogP contribution is 2.24. The number of hydrogen-bond donors (Lipinski definition) is 1. The van der Waals surface area contributed by atoms with Gasteiger partial charge in [0.2, 0.25) is 0 Å². The lowest BCUT2D eigenvalue weighted by Gasteiger charge is -2.07. The monoisotopic (exact) mass is 248 g/mol. The van der Waals surface area contributed by atoms with E-state index in [-0.39, 0.29) is 5.75 Å². The molecule has 0 aliphatic carbocycles. The Labute approximate surface area is 111 Å². The molecule has 3 nitrogen and oxygen atoms in total. The molecule has 0 bridgehead atoms. The first kappa shape index (κ1) is 11.4. The molecule has 1 aliphatic rings. The van der Waals surface area contributed by atoms with Crippen molar-refractivity contribution in [2.24, 2.45) is 9.98 Å². The van der Waals surface area contributed by atoms with Crippen LogP contribution in [0.1, 0.15) is 11.1 Å². The second kappa shape index (κ2) is 4.53. The molecule has 3 heteroatoms. The fourth-order valence-electron chi connectivity index (χ4n) is 2.05. The van der Waals surface area contributed by atoms with E-state index in [1.54, 1.807) is 12.1 Å². The summed E-state index contributed by atoms with van der Waals surface area (Å²) in [7, 11) is 0. The van der Waals surface area contributed by atoms with Crippen LogP contribution in [-0.4, -0.2) is 16.5 Å². The predicted molar refractivity (Wildman–Crippen MR) is 76.8 cm³/mol. The standard InChI is InChI=1S/C16H12N2O/c1-11-17-15(12-7-3-2-4-8-12)16(18-11)13-9-5-6-10-14(13)19/h2-10,19H,1H2. The first-order valence-electron chi connectivity index (χ1n) is 5.96. The summed E-state index contributed by atoms with van der Waals surface area (Å²) in [5.74, 6) is 0.650. The number of phenols is 1. The number of aromatic hydroxyl groups is 1. The Kier molecular flexibility index (Phi) is 2.72. The maximum atomic E-state index is 9.96. The van der Waals surface area contributed by atoms with Crippen LogP contribution in [0.2, 0.25) is 0 Å². The van der Waals surface area contributed by atoms with Crippen LogP contribution in [0.3, 0.4) is 0 Å². The second-order valence-corrected chi connectivity index (χ2v) is 4.22.